The van der Waals surface area contributed by atoms with Gasteiger partial charge in [0, 0.05) is 18.3 Å². The van der Waals surface area contributed by atoms with Crippen LogP contribution in [0.2, 0.25) is 0 Å². The topological polar surface area (TPSA) is 74.6 Å². The number of quaternary nitrogens is 1. The molecule has 5 nitrogen and oxygen atoms in total. The summed E-state index contributed by atoms with van der Waals surface area (Å²) < 4.78 is -0.389. The van der Waals surface area contributed by atoms with Crippen molar-refractivity contribution in [1.82, 2.24) is 0 Å². The number of aliphatic carboxylic acids is 1. The van der Waals surface area contributed by atoms with Crippen LogP contribution in [-0.2, 0) is 11.2 Å². The molecule has 3 rings (SSSR count). The van der Waals surface area contributed by atoms with Crippen molar-refractivity contribution in [3.63, 3.8) is 0 Å². The minimum atomic E-state index is -1.30. The number of benzene rings is 1. The van der Waals surface area contributed by atoms with E-state index in [4.69, 9.17) is 0 Å². The second-order valence-corrected chi connectivity index (χ2v) is 7.94. The smallest absolute Gasteiger partial charge is 0.477 e. The summed E-state index contributed by atoms with van der Waals surface area (Å²) >= 11 is 0. The molecule has 1 aromatic rings. The average molecular weight is 318 g/mol. The first kappa shape index (κ1) is 16.0. The number of carboxylic acid groups (broad SMARTS) is 2. The summed E-state index contributed by atoms with van der Waals surface area (Å²) in [5.74, 6) is -0.843. The van der Waals surface area contributed by atoms with Gasteiger partial charge in [-0.3, -0.25) is 0 Å². The number of fused-ring (bicyclic) bond motifs is 1. The lowest BCUT2D eigenvalue weighted by Gasteiger charge is -2.51. The molecule has 5 heteroatoms. The molecule has 2 fully saturated rings. The average Bonchev–Trinajstić information content (AvgIpc) is 3.15. The van der Waals surface area contributed by atoms with E-state index in [-0.39, 0.29) is 22.7 Å². The van der Waals surface area contributed by atoms with Gasteiger partial charge in [-0.25, -0.2) is 9.28 Å². The largest absolute Gasteiger partial charge is 0.514 e. The molecule has 4 atom stereocenters. The molecule has 1 saturated carbocycles. The van der Waals surface area contributed by atoms with Crippen molar-refractivity contribution in [3.8, 4) is 0 Å². The molecule has 0 radical (unpaired) electrons. The Kier molecular flexibility index (Phi) is 3.34. The summed E-state index contributed by atoms with van der Waals surface area (Å²) in [6.07, 6.45) is 0.0548. The van der Waals surface area contributed by atoms with E-state index < -0.39 is 23.1 Å². The van der Waals surface area contributed by atoms with Gasteiger partial charge in [0.2, 0.25) is 5.54 Å². The van der Waals surface area contributed by atoms with Gasteiger partial charge >= 0.3 is 12.1 Å². The number of hydrogen-bond donors (Lipinski definition) is 2. The van der Waals surface area contributed by atoms with Crippen molar-refractivity contribution < 1.29 is 24.3 Å². The third-order valence-electron chi connectivity index (χ3n) is 5.88. The summed E-state index contributed by atoms with van der Waals surface area (Å²) in [5.41, 5.74) is -1.10. The molecule has 0 aromatic heterocycles. The number of carboxylic acids is 1. The maximum absolute atomic E-state index is 12.5. The number of rotatable bonds is 3. The summed E-state index contributed by atoms with van der Waals surface area (Å²) in [5, 5.41) is 20.3. The van der Waals surface area contributed by atoms with Crippen LogP contribution in [0.25, 0.3) is 0 Å². The number of hydrogen-bond acceptors (Lipinski definition) is 2. The van der Waals surface area contributed by atoms with Gasteiger partial charge in [0.25, 0.3) is 0 Å². The molecule has 1 aliphatic heterocycles. The first-order valence-corrected chi connectivity index (χ1v) is 8.06. The first-order valence-electron chi connectivity index (χ1n) is 8.06. The lowest BCUT2D eigenvalue weighted by Crippen LogP contribution is -2.76. The van der Waals surface area contributed by atoms with Crippen molar-refractivity contribution >= 4 is 12.1 Å². The number of piperidine rings is 1. The molecule has 4 unspecified atom stereocenters. The van der Waals surface area contributed by atoms with Crippen molar-refractivity contribution in [2.24, 2.45) is 11.8 Å². The van der Waals surface area contributed by atoms with E-state index in [1.54, 1.807) is 0 Å². The van der Waals surface area contributed by atoms with Gasteiger partial charge in [-0.15, -0.1) is 0 Å². The van der Waals surface area contributed by atoms with Crippen molar-refractivity contribution in [3.05, 3.63) is 35.9 Å². The molecule has 1 aliphatic carbocycles. The van der Waals surface area contributed by atoms with Gasteiger partial charge in [-0.2, -0.15) is 4.79 Å². The molecule has 2 N–H and O–H groups in total. The van der Waals surface area contributed by atoms with E-state index in [1.807, 2.05) is 51.1 Å². The quantitative estimate of drug-likeness (QED) is 0.840. The Hall–Kier alpha value is -1.88. The maximum Gasteiger partial charge on any atom is 0.514 e. The fourth-order valence-corrected chi connectivity index (χ4v) is 4.81. The molecule has 0 bridgehead atoms. The Balaban J connectivity index is 2.19. The van der Waals surface area contributed by atoms with E-state index in [1.165, 1.54) is 0 Å². The Bertz CT molecular complexity index is 651. The third kappa shape index (κ3) is 1.96. The van der Waals surface area contributed by atoms with E-state index in [0.29, 0.717) is 6.54 Å². The first-order chi connectivity index (χ1) is 10.7. The summed E-state index contributed by atoms with van der Waals surface area (Å²) in [6, 6.07) is 9.40. The lowest BCUT2D eigenvalue weighted by molar-refractivity contribution is -0.935. The summed E-state index contributed by atoms with van der Waals surface area (Å²) in [4.78, 5) is 24.8. The number of likely N-dealkylation sites (tertiary alicyclic amines) is 1. The van der Waals surface area contributed by atoms with Crippen molar-refractivity contribution in [2.75, 3.05) is 6.54 Å². The van der Waals surface area contributed by atoms with E-state index in [2.05, 4.69) is 0 Å². The highest BCUT2D eigenvalue weighted by atomic mass is 16.4. The van der Waals surface area contributed by atoms with Gasteiger partial charge in [-0.1, -0.05) is 30.3 Å². The second-order valence-electron chi connectivity index (χ2n) is 7.94. The van der Waals surface area contributed by atoms with Crippen LogP contribution in [0, 0.1) is 11.8 Å². The summed E-state index contributed by atoms with van der Waals surface area (Å²) in [6.45, 7) is 5.93. The molecule has 1 saturated heterocycles. The summed E-state index contributed by atoms with van der Waals surface area (Å²) in [7, 11) is 0. The molecule has 1 amide bonds. The van der Waals surface area contributed by atoms with Gasteiger partial charge in [0.15, 0.2) is 0 Å². The van der Waals surface area contributed by atoms with E-state index >= 15 is 0 Å². The molecule has 2 aliphatic rings. The van der Waals surface area contributed by atoms with Gasteiger partial charge < -0.3 is 10.2 Å². The van der Waals surface area contributed by atoms with Crippen LogP contribution in [0.15, 0.2) is 30.3 Å². The highest BCUT2D eigenvalue weighted by Gasteiger charge is 2.81. The van der Waals surface area contributed by atoms with Crippen LogP contribution in [0.5, 0.6) is 0 Å². The second kappa shape index (κ2) is 4.81. The van der Waals surface area contributed by atoms with Crippen molar-refractivity contribution in [2.45, 2.75) is 44.7 Å². The van der Waals surface area contributed by atoms with Crippen LogP contribution in [0.1, 0.15) is 32.8 Å². The number of amides is 1. The molecule has 23 heavy (non-hydrogen) atoms. The Morgan fingerprint density at radius 2 is 1.83 bits per heavy atom. The Morgan fingerprint density at radius 3 is 2.30 bits per heavy atom. The molecule has 1 heterocycles. The highest BCUT2D eigenvalue weighted by molar-refractivity contribution is 5.82. The number of nitrogens with zero attached hydrogens (tertiary/aromatic N) is 1. The van der Waals surface area contributed by atoms with E-state index in [0.717, 1.165) is 12.0 Å². The zero-order chi connectivity index (χ0) is 17.0. The molecule has 124 valence electrons. The Labute approximate surface area is 136 Å². The van der Waals surface area contributed by atoms with Crippen LogP contribution >= 0.6 is 0 Å². The van der Waals surface area contributed by atoms with Gasteiger partial charge in [0.05, 0.1) is 6.54 Å². The zero-order valence-corrected chi connectivity index (χ0v) is 13.8. The van der Waals surface area contributed by atoms with Crippen LogP contribution in [0.3, 0.4) is 0 Å². The number of carbonyl (C=O) groups is 2. The van der Waals surface area contributed by atoms with E-state index in [9.17, 15) is 19.8 Å². The minimum Gasteiger partial charge on any atom is -0.477 e. The fraction of sp³-hybridized carbons (Fsp3) is 0.556. The third-order valence-corrected chi connectivity index (χ3v) is 5.88. The lowest BCUT2D eigenvalue weighted by atomic mass is 9.80. The molecule has 1 aromatic carbocycles. The standard InChI is InChI=1S/C18H23NO4/c1-17(2,3)19(16(22)23)11-13-9-14(13)18(19,15(20)21)10-12-7-5-4-6-8-12/h4-8,13-14H,9-11H2,1-3H3,(H-,20,21,22,23)/p+1. The van der Waals surface area contributed by atoms with Crippen LogP contribution < -0.4 is 0 Å². The van der Waals surface area contributed by atoms with Crippen LogP contribution in [0.4, 0.5) is 4.79 Å². The monoisotopic (exact) mass is 318 g/mol. The zero-order valence-electron chi connectivity index (χ0n) is 13.8. The fourth-order valence-electron chi connectivity index (χ4n) is 4.81. The Morgan fingerprint density at radius 1 is 1.22 bits per heavy atom. The molecule has 0 spiro atoms. The SMILES string of the molecule is CC(C)(C)[N+]1(C(=O)O)CC2CC2C1(Cc1ccccc1)C(=O)O. The predicted octanol–water partition coefficient (Wildman–Crippen LogP) is 3.00. The van der Waals surface area contributed by atoms with Gasteiger partial charge in [-0.05, 0) is 32.8 Å². The highest BCUT2D eigenvalue weighted by Crippen LogP contribution is 2.63. The van der Waals surface area contributed by atoms with Crippen molar-refractivity contribution in [1.29, 1.82) is 0 Å². The van der Waals surface area contributed by atoms with Crippen LogP contribution in [-0.4, -0.2) is 44.4 Å². The predicted molar refractivity (Wildman–Crippen MR) is 85.0 cm³/mol. The molecular weight excluding hydrogens is 294 g/mol. The van der Waals surface area contributed by atoms with Gasteiger partial charge in [0.1, 0.15) is 5.54 Å². The maximum atomic E-state index is 12.5. The normalized spacial score (nSPS) is 35.6. The minimum absolute atomic E-state index is 0.0597. The molecular formula is C18H24NO4+.